The van der Waals surface area contributed by atoms with Gasteiger partial charge in [0, 0.05) is 56.3 Å². The number of anilines is 1. The van der Waals surface area contributed by atoms with Crippen molar-refractivity contribution < 1.29 is 0 Å². The molecule has 0 bridgehead atoms. The van der Waals surface area contributed by atoms with Crippen molar-refractivity contribution in [3.8, 4) is 0 Å². The zero-order valence-electron chi connectivity index (χ0n) is 14.3. The van der Waals surface area contributed by atoms with Crippen molar-refractivity contribution in [2.45, 2.75) is 38.8 Å². The third-order valence-corrected chi connectivity index (χ3v) is 4.36. The Morgan fingerprint density at radius 2 is 2.12 bits per heavy atom. The van der Waals surface area contributed by atoms with Crippen LogP contribution in [-0.4, -0.2) is 45.5 Å². The highest BCUT2D eigenvalue weighted by atomic mass is 15.1. The summed E-state index contributed by atoms with van der Waals surface area (Å²) in [5.41, 5.74) is 7.93. The van der Waals surface area contributed by atoms with Gasteiger partial charge in [-0.15, -0.1) is 0 Å². The maximum absolute atomic E-state index is 5.63. The number of aromatic nitrogens is 3. The molecule has 1 aliphatic heterocycles. The lowest BCUT2D eigenvalue weighted by Gasteiger charge is -2.32. The predicted octanol–water partition coefficient (Wildman–Crippen LogP) is 1.76. The number of likely N-dealkylation sites (tertiary alicyclic amines) is 1. The summed E-state index contributed by atoms with van der Waals surface area (Å²) in [5.74, 6) is 1.73. The first kappa shape index (κ1) is 16.8. The number of piperidine rings is 1. The lowest BCUT2D eigenvalue weighted by atomic mass is 10.0. The molecule has 0 radical (unpaired) electrons. The molecule has 24 heavy (non-hydrogen) atoms. The molecular formula is C18H26N6. The monoisotopic (exact) mass is 326 g/mol. The van der Waals surface area contributed by atoms with Gasteiger partial charge in [-0.2, -0.15) is 0 Å². The van der Waals surface area contributed by atoms with Crippen LogP contribution in [0, 0.1) is 6.92 Å². The lowest BCUT2D eigenvalue weighted by molar-refractivity contribution is 0.211. The largest absolute Gasteiger partial charge is 0.367 e. The van der Waals surface area contributed by atoms with Gasteiger partial charge < -0.3 is 11.1 Å². The summed E-state index contributed by atoms with van der Waals surface area (Å²) in [5, 5.41) is 3.57. The van der Waals surface area contributed by atoms with Gasteiger partial charge in [0.1, 0.15) is 11.6 Å². The van der Waals surface area contributed by atoms with Crippen LogP contribution in [-0.2, 0) is 13.0 Å². The Balaban J connectivity index is 1.52. The molecule has 3 rings (SSSR count). The van der Waals surface area contributed by atoms with Gasteiger partial charge in [0.05, 0.1) is 0 Å². The van der Waals surface area contributed by atoms with Crippen LogP contribution < -0.4 is 11.1 Å². The van der Waals surface area contributed by atoms with Gasteiger partial charge in [0.15, 0.2) is 0 Å². The van der Waals surface area contributed by atoms with Crippen molar-refractivity contribution in [3.63, 3.8) is 0 Å². The first-order valence-corrected chi connectivity index (χ1v) is 8.65. The molecule has 0 unspecified atom stereocenters. The molecule has 2 aromatic rings. The van der Waals surface area contributed by atoms with Crippen molar-refractivity contribution in [2.75, 3.05) is 25.0 Å². The third kappa shape index (κ3) is 4.72. The summed E-state index contributed by atoms with van der Waals surface area (Å²) in [6, 6.07) is 6.64. The average Bonchev–Trinajstić information content (AvgIpc) is 2.57. The Morgan fingerprint density at radius 1 is 1.29 bits per heavy atom. The molecule has 3 N–H and O–H groups in total. The number of rotatable bonds is 6. The lowest BCUT2D eigenvalue weighted by Crippen LogP contribution is -2.38. The molecule has 0 aliphatic carbocycles. The third-order valence-electron chi connectivity index (χ3n) is 4.36. The molecule has 3 heterocycles. The predicted molar refractivity (Wildman–Crippen MR) is 95.7 cm³/mol. The van der Waals surface area contributed by atoms with E-state index in [0.29, 0.717) is 12.6 Å². The van der Waals surface area contributed by atoms with Crippen molar-refractivity contribution >= 4 is 5.82 Å². The van der Waals surface area contributed by atoms with E-state index in [1.165, 1.54) is 5.56 Å². The molecule has 0 atom stereocenters. The number of nitrogens with one attached hydrogen (secondary N) is 1. The molecule has 1 fully saturated rings. The second-order valence-corrected chi connectivity index (χ2v) is 6.39. The van der Waals surface area contributed by atoms with Gasteiger partial charge in [-0.3, -0.25) is 9.88 Å². The van der Waals surface area contributed by atoms with Crippen molar-refractivity contribution in [2.24, 2.45) is 5.73 Å². The van der Waals surface area contributed by atoms with Crippen LogP contribution in [0.25, 0.3) is 0 Å². The van der Waals surface area contributed by atoms with Gasteiger partial charge in [-0.1, -0.05) is 6.07 Å². The first-order valence-electron chi connectivity index (χ1n) is 8.65. The maximum Gasteiger partial charge on any atom is 0.130 e. The van der Waals surface area contributed by atoms with Gasteiger partial charge in [-0.05, 0) is 37.9 Å². The average molecular weight is 326 g/mol. The first-order chi connectivity index (χ1) is 11.7. The topological polar surface area (TPSA) is 80.0 Å². The van der Waals surface area contributed by atoms with E-state index in [4.69, 9.17) is 5.73 Å². The van der Waals surface area contributed by atoms with Crippen molar-refractivity contribution in [3.05, 3.63) is 47.7 Å². The highest BCUT2D eigenvalue weighted by Gasteiger charge is 2.19. The zero-order valence-corrected chi connectivity index (χ0v) is 14.3. The van der Waals surface area contributed by atoms with E-state index in [-0.39, 0.29) is 0 Å². The fraction of sp³-hybridized carbons (Fsp3) is 0.500. The van der Waals surface area contributed by atoms with E-state index < -0.39 is 0 Å². The summed E-state index contributed by atoms with van der Waals surface area (Å²) in [6.07, 6.45) is 6.81. The molecule has 1 saturated heterocycles. The minimum absolute atomic E-state index is 0.468. The number of aryl methyl sites for hydroxylation is 1. The van der Waals surface area contributed by atoms with E-state index in [0.717, 1.165) is 56.2 Å². The van der Waals surface area contributed by atoms with Crippen LogP contribution in [0.4, 0.5) is 5.82 Å². The van der Waals surface area contributed by atoms with Gasteiger partial charge in [-0.25, -0.2) is 9.97 Å². The smallest absolute Gasteiger partial charge is 0.130 e. The number of hydrogen-bond acceptors (Lipinski definition) is 6. The summed E-state index contributed by atoms with van der Waals surface area (Å²) >= 11 is 0. The fourth-order valence-corrected chi connectivity index (χ4v) is 3.17. The fourth-order valence-electron chi connectivity index (χ4n) is 3.17. The molecule has 6 heteroatoms. The number of nitrogens with two attached hydrogens (primary N) is 1. The van der Waals surface area contributed by atoms with Crippen LogP contribution in [0.5, 0.6) is 0 Å². The Hall–Kier alpha value is -2.05. The van der Waals surface area contributed by atoms with Crippen LogP contribution >= 0.6 is 0 Å². The second-order valence-electron chi connectivity index (χ2n) is 6.39. The molecule has 1 aliphatic rings. The summed E-state index contributed by atoms with van der Waals surface area (Å²) in [6.45, 7) is 5.71. The highest BCUT2D eigenvalue weighted by Crippen LogP contribution is 2.17. The minimum Gasteiger partial charge on any atom is -0.367 e. The maximum atomic E-state index is 5.63. The zero-order chi connectivity index (χ0) is 16.8. The summed E-state index contributed by atoms with van der Waals surface area (Å²) in [4.78, 5) is 15.6. The molecule has 2 aromatic heterocycles. The van der Waals surface area contributed by atoms with Gasteiger partial charge in [0.2, 0.25) is 0 Å². The second kappa shape index (κ2) is 8.17. The van der Waals surface area contributed by atoms with E-state index in [9.17, 15) is 0 Å². The Bertz CT molecular complexity index is 637. The Labute approximate surface area is 143 Å². The molecule has 128 valence electrons. The SMILES string of the molecule is Cc1nc(CCN)cc(NC2CCN(Cc3cccnc3)CC2)n1. The number of hydrogen-bond donors (Lipinski definition) is 2. The van der Waals surface area contributed by atoms with E-state index in [1.54, 1.807) is 0 Å². The Kier molecular flexibility index (Phi) is 5.72. The quantitative estimate of drug-likeness (QED) is 0.842. The normalized spacial score (nSPS) is 16.2. The number of pyridine rings is 1. The van der Waals surface area contributed by atoms with Crippen LogP contribution in [0.1, 0.15) is 29.9 Å². The van der Waals surface area contributed by atoms with Crippen molar-refractivity contribution in [1.29, 1.82) is 0 Å². The molecule has 6 nitrogen and oxygen atoms in total. The standard InChI is InChI=1S/C18H26N6/c1-14-21-17(4-7-19)11-18(22-14)23-16-5-9-24(10-6-16)13-15-3-2-8-20-12-15/h2-3,8,11-12,16H,4-7,9-10,13,19H2,1H3,(H,21,22,23). The Morgan fingerprint density at radius 3 is 2.83 bits per heavy atom. The van der Waals surface area contributed by atoms with Crippen LogP contribution in [0.15, 0.2) is 30.6 Å². The van der Waals surface area contributed by atoms with Crippen molar-refractivity contribution in [1.82, 2.24) is 19.9 Å². The molecule has 0 saturated carbocycles. The molecule has 0 spiro atoms. The van der Waals surface area contributed by atoms with Crippen LogP contribution in [0.2, 0.25) is 0 Å². The highest BCUT2D eigenvalue weighted by molar-refractivity contribution is 5.37. The van der Waals surface area contributed by atoms with Crippen LogP contribution in [0.3, 0.4) is 0 Å². The molecule has 0 amide bonds. The summed E-state index contributed by atoms with van der Waals surface area (Å²) in [7, 11) is 0. The molecular weight excluding hydrogens is 300 g/mol. The van der Waals surface area contributed by atoms with Gasteiger partial charge >= 0.3 is 0 Å². The van der Waals surface area contributed by atoms with Gasteiger partial charge in [0.25, 0.3) is 0 Å². The van der Waals surface area contributed by atoms with E-state index in [1.807, 2.05) is 31.5 Å². The van der Waals surface area contributed by atoms with E-state index >= 15 is 0 Å². The van der Waals surface area contributed by atoms with E-state index in [2.05, 4.69) is 31.2 Å². The summed E-state index contributed by atoms with van der Waals surface area (Å²) < 4.78 is 0. The number of nitrogens with zero attached hydrogens (tertiary/aromatic N) is 4. The molecule has 0 aromatic carbocycles. The minimum atomic E-state index is 0.468.